The van der Waals surface area contributed by atoms with E-state index in [1.807, 2.05) is 35.2 Å². The van der Waals surface area contributed by atoms with Crippen LogP contribution in [0.5, 0.6) is 0 Å². The van der Waals surface area contributed by atoms with Crippen LogP contribution in [-0.4, -0.2) is 40.6 Å². The van der Waals surface area contributed by atoms with Crippen LogP contribution >= 0.6 is 11.6 Å². The predicted molar refractivity (Wildman–Crippen MR) is 108 cm³/mol. The molecule has 1 unspecified atom stereocenters. The summed E-state index contributed by atoms with van der Waals surface area (Å²) in [7, 11) is 0. The molecular formula is C21H21ClN4O2. The predicted octanol–water partition coefficient (Wildman–Crippen LogP) is 3.87. The van der Waals surface area contributed by atoms with Crippen LogP contribution in [-0.2, 0) is 0 Å². The van der Waals surface area contributed by atoms with Crippen molar-refractivity contribution in [1.82, 2.24) is 15.0 Å². The lowest BCUT2D eigenvalue weighted by Gasteiger charge is -2.23. The number of amides is 1. The molecule has 2 aromatic carbocycles. The minimum Gasteiger partial charge on any atom is -0.338 e. The summed E-state index contributed by atoms with van der Waals surface area (Å²) in [5.74, 6) is 0.687. The van der Waals surface area contributed by atoms with Gasteiger partial charge in [-0.3, -0.25) is 4.79 Å². The lowest BCUT2D eigenvalue weighted by atomic mass is 9.90. The lowest BCUT2D eigenvalue weighted by molar-refractivity contribution is 0.0777. The Bertz CT molecular complexity index is 1020. The molecule has 1 aliphatic heterocycles. The maximum atomic E-state index is 13.1. The maximum Gasteiger partial charge on any atom is 0.259 e. The molecule has 0 bridgehead atoms. The first kappa shape index (κ1) is 18.7. The van der Waals surface area contributed by atoms with Crippen LogP contribution in [0.2, 0.25) is 5.02 Å². The van der Waals surface area contributed by atoms with Crippen molar-refractivity contribution in [1.29, 1.82) is 0 Å². The van der Waals surface area contributed by atoms with Gasteiger partial charge in [0.15, 0.2) is 0 Å². The third-order valence-corrected chi connectivity index (χ3v) is 5.47. The Balaban J connectivity index is 1.65. The third-order valence-electron chi connectivity index (χ3n) is 5.23. The molecule has 0 spiro atoms. The van der Waals surface area contributed by atoms with Crippen LogP contribution in [0.1, 0.15) is 23.7 Å². The Morgan fingerprint density at radius 1 is 1.29 bits per heavy atom. The second-order valence-corrected chi connectivity index (χ2v) is 7.91. The SMILES string of the molecule is CC1(CN)CCN(C(=O)c2ccccc2-c2nc(-c3cccc(Cl)c3)no2)C1. The Morgan fingerprint density at radius 2 is 2.11 bits per heavy atom. The van der Waals surface area contributed by atoms with E-state index in [-0.39, 0.29) is 11.3 Å². The second kappa shape index (κ2) is 7.37. The highest BCUT2D eigenvalue weighted by molar-refractivity contribution is 6.30. The topological polar surface area (TPSA) is 85.2 Å². The zero-order valence-electron chi connectivity index (χ0n) is 15.6. The van der Waals surface area contributed by atoms with Gasteiger partial charge < -0.3 is 15.2 Å². The largest absolute Gasteiger partial charge is 0.338 e. The number of aromatic nitrogens is 2. The molecule has 1 fully saturated rings. The van der Waals surface area contributed by atoms with Gasteiger partial charge in [0.1, 0.15) is 0 Å². The number of halogens is 1. The molecule has 2 N–H and O–H groups in total. The summed E-state index contributed by atoms with van der Waals surface area (Å²) in [5, 5.41) is 4.65. The van der Waals surface area contributed by atoms with Gasteiger partial charge in [0.25, 0.3) is 11.8 Å². The molecule has 1 atom stereocenters. The van der Waals surface area contributed by atoms with Crippen LogP contribution in [0, 0.1) is 5.41 Å². The van der Waals surface area contributed by atoms with Crippen molar-refractivity contribution < 1.29 is 9.32 Å². The van der Waals surface area contributed by atoms with Crippen LogP contribution in [0.3, 0.4) is 0 Å². The number of nitrogens with two attached hydrogens (primary N) is 1. The molecule has 4 rings (SSSR count). The molecule has 6 nitrogen and oxygen atoms in total. The summed E-state index contributed by atoms with van der Waals surface area (Å²) in [6, 6.07) is 14.5. The average molecular weight is 397 g/mol. The first-order valence-electron chi connectivity index (χ1n) is 9.17. The zero-order chi connectivity index (χ0) is 19.7. The third kappa shape index (κ3) is 3.53. The van der Waals surface area contributed by atoms with Crippen molar-refractivity contribution in [2.24, 2.45) is 11.1 Å². The molecule has 2 heterocycles. The summed E-state index contributed by atoms with van der Waals surface area (Å²) in [6.45, 7) is 4.01. The highest BCUT2D eigenvalue weighted by Crippen LogP contribution is 2.32. The highest BCUT2D eigenvalue weighted by atomic mass is 35.5. The van der Waals surface area contributed by atoms with Crippen LogP contribution in [0.15, 0.2) is 53.1 Å². The van der Waals surface area contributed by atoms with Gasteiger partial charge in [-0.05, 0) is 42.6 Å². The van der Waals surface area contributed by atoms with E-state index in [9.17, 15) is 4.79 Å². The van der Waals surface area contributed by atoms with Crippen molar-refractivity contribution >= 4 is 17.5 Å². The van der Waals surface area contributed by atoms with Gasteiger partial charge in [0, 0.05) is 23.7 Å². The summed E-state index contributed by atoms with van der Waals surface area (Å²) in [6.07, 6.45) is 0.900. The van der Waals surface area contributed by atoms with E-state index >= 15 is 0 Å². The Hall–Kier alpha value is -2.70. The fourth-order valence-corrected chi connectivity index (χ4v) is 3.66. The molecule has 0 radical (unpaired) electrons. The standard InChI is InChI=1S/C21H21ClN4O2/c1-21(12-23)9-10-26(13-21)20(27)17-8-3-2-7-16(17)19-24-18(25-28-19)14-5-4-6-15(22)11-14/h2-8,11H,9-10,12-13,23H2,1H3. The molecular weight excluding hydrogens is 376 g/mol. The molecule has 3 aromatic rings. The number of likely N-dealkylation sites (tertiary alicyclic amines) is 1. The molecule has 1 saturated heterocycles. The monoisotopic (exact) mass is 396 g/mol. The Labute approximate surface area is 168 Å². The van der Waals surface area contributed by atoms with Gasteiger partial charge in [0.2, 0.25) is 5.82 Å². The van der Waals surface area contributed by atoms with Gasteiger partial charge in [-0.1, -0.05) is 47.9 Å². The lowest BCUT2D eigenvalue weighted by Crippen LogP contribution is -2.34. The van der Waals surface area contributed by atoms with Crippen LogP contribution in [0.25, 0.3) is 22.8 Å². The van der Waals surface area contributed by atoms with Crippen molar-refractivity contribution in [3.63, 3.8) is 0 Å². The summed E-state index contributed by atoms with van der Waals surface area (Å²) in [4.78, 5) is 19.5. The minimum absolute atomic E-state index is 0.0329. The first-order valence-corrected chi connectivity index (χ1v) is 9.55. The quantitative estimate of drug-likeness (QED) is 0.723. The normalized spacial score (nSPS) is 19.2. The average Bonchev–Trinajstić information content (AvgIpc) is 3.35. The summed E-state index contributed by atoms with van der Waals surface area (Å²) >= 11 is 6.05. The zero-order valence-corrected chi connectivity index (χ0v) is 16.3. The molecule has 1 amide bonds. The molecule has 7 heteroatoms. The van der Waals surface area contributed by atoms with E-state index in [1.54, 1.807) is 18.2 Å². The fraction of sp³-hybridized carbons (Fsp3) is 0.286. The first-order chi connectivity index (χ1) is 13.5. The van der Waals surface area contributed by atoms with Crippen molar-refractivity contribution in [3.8, 4) is 22.8 Å². The number of benzene rings is 2. The van der Waals surface area contributed by atoms with Crippen molar-refractivity contribution in [3.05, 3.63) is 59.1 Å². The maximum absolute atomic E-state index is 13.1. The molecule has 1 aliphatic rings. The Morgan fingerprint density at radius 3 is 2.86 bits per heavy atom. The molecule has 28 heavy (non-hydrogen) atoms. The highest BCUT2D eigenvalue weighted by Gasteiger charge is 2.36. The van der Waals surface area contributed by atoms with Gasteiger partial charge in [-0.25, -0.2) is 0 Å². The number of rotatable bonds is 4. The number of hydrogen-bond donors (Lipinski definition) is 1. The van der Waals surface area contributed by atoms with E-state index in [4.69, 9.17) is 21.9 Å². The molecule has 0 aliphatic carbocycles. The van der Waals surface area contributed by atoms with E-state index < -0.39 is 0 Å². The van der Waals surface area contributed by atoms with Gasteiger partial charge >= 0.3 is 0 Å². The number of hydrogen-bond acceptors (Lipinski definition) is 5. The Kier molecular flexibility index (Phi) is 4.91. The minimum atomic E-state index is -0.0460. The number of nitrogens with zero attached hydrogens (tertiary/aromatic N) is 3. The van der Waals surface area contributed by atoms with Crippen molar-refractivity contribution in [2.45, 2.75) is 13.3 Å². The second-order valence-electron chi connectivity index (χ2n) is 7.47. The number of carbonyl (C=O) groups is 1. The van der Waals surface area contributed by atoms with Gasteiger partial charge in [-0.2, -0.15) is 4.98 Å². The van der Waals surface area contributed by atoms with Crippen molar-refractivity contribution in [2.75, 3.05) is 19.6 Å². The fourth-order valence-electron chi connectivity index (χ4n) is 3.47. The van der Waals surface area contributed by atoms with E-state index in [0.717, 1.165) is 12.0 Å². The molecule has 0 saturated carbocycles. The number of carbonyl (C=O) groups excluding carboxylic acids is 1. The summed E-state index contributed by atoms with van der Waals surface area (Å²) < 4.78 is 5.47. The van der Waals surface area contributed by atoms with Crippen LogP contribution in [0.4, 0.5) is 0 Å². The van der Waals surface area contributed by atoms with E-state index in [0.29, 0.717) is 47.5 Å². The van der Waals surface area contributed by atoms with Gasteiger partial charge in [-0.15, -0.1) is 0 Å². The molecule has 144 valence electrons. The van der Waals surface area contributed by atoms with Crippen LogP contribution < -0.4 is 5.73 Å². The summed E-state index contributed by atoms with van der Waals surface area (Å²) in [5.41, 5.74) is 7.77. The van der Waals surface area contributed by atoms with Gasteiger partial charge in [0.05, 0.1) is 11.1 Å². The van der Waals surface area contributed by atoms with E-state index in [1.165, 1.54) is 0 Å². The van der Waals surface area contributed by atoms with E-state index in [2.05, 4.69) is 17.1 Å². The molecule has 1 aromatic heterocycles. The smallest absolute Gasteiger partial charge is 0.259 e.